The molecule has 19 heavy (non-hydrogen) atoms. The molecule has 104 valence electrons. The standard InChI is InChI=1S/C15H20O4/c1-2-19-14-5-3-13(4-6-14)15(16)11-18-10-12-7-8-17-9-12/h3-6,12H,2,7-11H2,1H3. The fraction of sp³-hybridized carbons (Fsp3) is 0.533. The summed E-state index contributed by atoms with van der Waals surface area (Å²) in [5.41, 5.74) is 0.658. The average Bonchev–Trinajstić information content (AvgIpc) is 2.93. The summed E-state index contributed by atoms with van der Waals surface area (Å²) in [6.07, 6.45) is 1.03. The second-order valence-electron chi connectivity index (χ2n) is 4.63. The number of carbonyl (C=O) groups is 1. The number of ether oxygens (including phenoxy) is 3. The van der Waals surface area contributed by atoms with Crippen molar-refractivity contribution in [3.8, 4) is 5.75 Å². The third-order valence-corrected chi connectivity index (χ3v) is 3.10. The predicted octanol–water partition coefficient (Wildman–Crippen LogP) is 2.32. The van der Waals surface area contributed by atoms with E-state index >= 15 is 0 Å². The summed E-state index contributed by atoms with van der Waals surface area (Å²) in [5.74, 6) is 1.22. The van der Waals surface area contributed by atoms with Crippen molar-refractivity contribution in [1.29, 1.82) is 0 Å². The Labute approximate surface area is 113 Å². The first-order valence-corrected chi connectivity index (χ1v) is 6.71. The Morgan fingerprint density at radius 3 is 2.79 bits per heavy atom. The molecule has 0 amide bonds. The van der Waals surface area contributed by atoms with Gasteiger partial charge in [-0.1, -0.05) is 0 Å². The molecule has 1 aliphatic rings. The zero-order valence-electron chi connectivity index (χ0n) is 11.3. The van der Waals surface area contributed by atoms with E-state index in [9.17, 15) is 4.79 Å². The molecule has 4 heteroatoms. The zero-order chi connectivity index (χ0) is 13.5. The van der Waals surface area contributed by atoms with Crippen molar-refractivity contribution in [3.05, 3.63) is 29.8 Å². The second-order valence-corrected chi connectivity index (χ2v) is 4.63. The highest BCUT2D eigenvalue weighted by Crippen LogP contribution is 2.14. The average molecular weight is 264 g/mol. The molecule has 1 aliphatic heterocycles. The Morgan fingerprint density at radius 2 is 2.16 bits per heavy atom. The number of hydrogen-bond acceptors (Lipinski definition) is 4. The summed E-state index contributed by atoms with van der Waals surface area (Å²) in [5, 5.41) is 0. The largest absolute Gasteiger partial charge is 0.494 e. The smallest absolute Gasteiger partial charge is 0.188 e. The van der Waals surface area contributed by atoms with Crippen LogP contribution in [0.15, 0.2) is 24.3 Å². The van der Waals surface area contributed by atoms with Crippen molar-refractivity contribution in [2.75, 3.05) is 33.0 Å². The molecule has 1 saturated heterocycles. The minimum Gasteiger partial charge on any atom is -0.494 e. The van der Waals surface area contributed by atoms with E-state index in [1.165, 1.54) is 0 Å². The van der Waals surface area contributed by atoms with E-state index in [1.54, 1.807) is 12.1 Å². The van der Waals surface area contributed by atoms with Crippen molar-refractivity contribution in [2.24, 2.45) is 5.92 Å². The van der Waals surface area contributed by atoms with Crippen molar-refractivity contribution < 1.29 is 19.0 Å². The van der Waals surface area contributed by atoms with Gasteiger partial charge in [-0.05, 0) is 37.6 Å². The first-order chi connectivity index (χ1) is 9.29. The molecule has 0 radical (unpaired) electrons. The van der Waals surface area contributed by atoms with Crippen molar-refractivity contribution in [3.63, 3.8) is 0 Å². The van der Waals surface area contributed by atoms with Crippen molar-refractivity contribution in [2.45, 2.75) is 13.3 Å². The normalized spacial score (nSPS) is 18.5. The number of carbonyl (C=O) groups excluding carboxylic acids is 1. The summed E-state index contributed by atoms with van der Waals surface area (Å²) >= 11 is 0. The first-order valence-electron chi connectivity index (χ1n) is 6.71. The third-order valence-electron chi connectivity index (χ3n) is 3.10. The van der Waals surface area contributed by atoms with E-state index in [-0.39, 0.29) is 12.4 Å². The summed E-state index contributed by atoms with van der Waals surface area (Å²) in [6.45, 7) is 4.84. The van der Waals surface area contributed by atoms with Crippen LogP contribution in [-0.4, -0.2) is 38.8 Å². The van der Waals surface area contributed by atoms with Gasteiger partial charge in [-0.2, -0.15) is 0 Å². The van der Waals surface area contributed by atoms with Gasteiger partial charge >= 0.3 is 0 Å². The quantitative estimate of drug-likeness (QED) is 0.709. The summed E-state index contributed by atoms with van der Waals surface area (Å²) in [6, 6.07) is 7.16. The molecule has 0 spiro atoms. The maximum Gasteiger partial charge on any atom is 0.188 e. The Morgan fingerprint density at radius 1 is 1.37 bits per heavy atom. The van der Waals surface area contributed by atoms with Gasteiger partial charge in [-0.3, -0.25) is 4.79 Å². The SMILES string of the molecule is CCOc1ccc(C(=O)COCC2CCOC2)cc1. The van der Waals surface area contributed by atoms with Crippen LogP contribution in [0.4, 0.5) is 0 Å². The number of Topliss-reactive ketones (excluding diaryl/α,β-unsaturated/α-hetero) is 1. The highest BCUT2D eigenvalue weighted by molar-refractivity contribution is 5.97. The number of hydrogen-bond donors (Lipinski definition) is 0. The van der Waals surface area contributed by atoms with Crippen LogP contribution in [-0.2, 0) is 9.47 Å². The lowest BCUT2D eigenvalue weighted by atomic mass is 10.1. The fourth-order valence-corrected chi connectivity index (χ4v) is 2.02. The van der Waals surface area contributed by atoms with Crippen molar-refractivity contribution >= 4 is 5.78 Å². The van der Waals surface area contributed by atoms with E-state index < -0.39 is 0 Å². The second kappa shape index (κ2) is 7.26. The molecule has 4 nitrogen and oxygen atoms in total. The predicted molar refractivity (Wildman–Crippen MR) is 71.7 cm³/mol. The molecule has 2 rings (SSSR count). The molecular weight excluding hydrogens is 244 g/mol. The van der Waals surface area contributed by atoms with Crippen LogP contribution in [0.25, 0.3) is 0 Å². The molecule has 1 heterocycles. The summed E-state index contributed by atoms with van der Waals surface area (Å²) < 4.78 is 16.0. The Balaban J connectivity index is 1.75. The van der Waals surface area contributed by atoms with Gasteiger partial charge < -0.3 is 14.2 Å². The van der Waals surface area contributed by atoms with Crippen LogP contribution in [0, 0.1) is 5.92 Å². The third kappa shape index (κ3) is 4.33. The minimum atomic E-state index is 0.00182. The summed E-state index contributed by atoms with van der Waals surface area (Å²) in [4.78, 5) is 11.9. The van der Waals surface area contributed by atoms with E-state index in [2.05, 4.69) is 0 Å². The molecule has 1 aromatic rings. The van der Waals surface area contributed by atoms with Gasteiger partial charge in [0.2, 0.25) is 0 Å². The first kappa shape index (κ1) is 14.0. The monoisotopic (exact) mass is 264 g/mol. The van der Waals surface area contributed by atoms with Crippen LogP contribution in [0.5, 0.6) is 5.75 Å². The lowest BCUT2D eigenvalue weighted by Gasteiger charge is -2.08. The van der Waals surface area contributed by atoms with Gasteiger partial charge in [0.1, 0.15) is 12.4 Å². The van der Waals surface area contributed by atoms with Crippen LogP contribution in [0.1, 0.15) is 23.7 Å². The fourth-order valence-electron chi connectivity index (χ4n) is 2.02. The highest BCUT2D eigenvalue weighted by Gasteiger charge is 2.16. The maximum atomic E-state index is 11.9. The van der Waals surface area contributed by atoms with Gasteiger partial charge in [0.15, 0.2) is 5.78 Å². The van der Waals surface area contributed by atoms with E-state index in [4.69, 9.17) is 14.2 Å². The maximum absolute atomic E-state index is 11.9. The van der Waals surface area contributed by atoms with Gasteiger partial charge in [-0.25, -0.2) is 0 Å². The molecular formula is C15H20O4. The minimum absolute atomic E-state index is 0.00182. The Hall–Kier alpha value is -1.39. The molecule has 0 N–H and O–H groups in total. The molecule has 0 aliphatic carbocycles. The Bertz CT molecular complexity index is 393. The molecule has 0 saturated carbocycles. The lowest BCUT2D eigenvalue weighted by molar-refractivity contribution is 0.0651. The number of ketones is 1. The van der Waals surface area contributed by atoms with Gasteiger partial charge in [-0.15, -0.1) is 0 Å². The van der Waals surface area contributed by atoms with Crippen LogP contribution in [0.2, 0.25) is 0 Å². The van der Waals surface area contributed by atoms with Crippen LogP contribution in [0.3, 0.4) is 0 Å². The summed E-state index contributed by atoms with van der Waals surface area (Å²) in [7, 11) is 0. The van der Waals surface area contributed by atoms with Crippen LogP contribution < -0.4 is 4.74 Å². The molecule has 0 aromatic heterocycles. The molecule has 1 fully saturated rings. The zero-order valence-corrected chi connectivity index (χ0v) is 11.3. The highest BCUT2D eigenvalue weighted by atomic mass is 16.5. The van der Waals surface area contributed by atoms with E-state index in [0.29, 0.717) is 24.7 Å². The number of benzene rings is 1. The molecule has 1 unspecified atom stereocenters. The Kier molecular flexibility index (Phi) is 5.36. The lowest BCUT2D eigenvalue weighted by Crippen LogP contribution is -2.15. The van der Waals surface area contributed by atoms with Crippen molar-refractivity contribution in [1.82, 2.24) is 0 Å². The van der Waals surface area contributed by atoms with E-state index in [0.717, 1.165) is 25.4 Å². The van der Waals surface area contributed by atoms with E-state index in [1.807, 2.05) is 19.1 Å². The topological polar surface area (TPSA) is 44.8 Å². The van der Waals surface area contributed by atoms with Gasteiger partial charge in [0.25, 0.3) is 0 Å². The van der Waals surface area contributed by atoms with Gasteiger partial charge in [0.05, 0.1) is 19.8 Å². The van der Waals surface area contributed by atoms with Crippen LogP contribution >= 0.6 is 0 Å². The number of rotatable bonds is 7. The molecule has 0 bridgehead atoms. The van der Waals surface area contributed by atoms with Gasteiger partial charge in [0, 0.05) is 18.1 Å². The molecule has 1 atom stereocenters. The molecule has 1 aromatic carbocycles.